The Balaban J connectivity index is 1.17. The zero-order valence-corrected chi connectivity index (χ0v) is 34.0. The number of rotatable bonds is 4. The molecule has 284 valence electrons. The molecule has 0 N–H and O–H groups in total. The Bertz CT molecular complexity index is 3590. The molecule has 2 heteroatoms. The molecule has 0 spiro atoms. The first-order chi connectivity index (χ1) is 30.3. The Hall–Kier alpha value is -7.39. The van der Waals surface area contributed by atoms with Crippen molar-refractivity contribution in [2.45, 2.75) is 15.2 Å². The predicted octanol–water partition coefficient (Wildman–Crippen LogP) is 15.9. The lowest BCUT2D eigenvalue weighted by Gasteiger charge is -2.44. The van der Waals surface area contributed by atoms with E-state index >= 15 is 0 Å². The minimum atomic E-state index is -0.668. The lowest BCUT2D eigenvalue weighted by atomic mass is 9.62. The second-order valence-electron chi connectivity index (χ2n) is 16.3. The largest absolute Gasteiger partial charge is 0.309 e. The van der Waals surface area contributed by atoms with Crippen LogP contribution in [0.4, 0.5) is 0 Å². The summed E-state index contributed by atoms with van der Waals surface area (Å²) in [5.41, 5.74) is 10.6. The fourth-order valence-electron chi connectivity index (χ4n) is 10.8. The van der Waals surface area contributed by atoms with Gasteiger partial charge in [-0.15, -0.1) is 0 Å². The van der Waals surface area contributed by atoms with Gasteiger partial charge in [-0.25, -0.2) is 0 Å². The average molecular weight is 792 g/mol. The summed E-state index contributed by atoms with van der Waals surface area (Å²) in [5.74, 6) is 0. The third kappa shape index (κ3) is 4.80. The van der Waals surface area contributed by atoms with Crippen LogP contribution >= 0.6 is 11.8 Å². The Kier molecular flexibility index (Phi) is 7.52. The molecule has 0 aliphatic carbocycles. The molecule has 1 nitrogen and oxygen atoms in total. The highest BCUT2D eigenvalue weighted by Crippen LogP contribution is 2.62. The molecule has 1 aliphatic rings. The molecule has 1 aliphatic heterocycles. The molecule has 0 radical (unpaired) electrons. The van der Waals surface area contributed by atoms with Gasteiger partial charge in [0.05, 0.1) is 16.4 Å². The van der Waals surface area contributed by atoms with Crippen molar-refractivity contribution in [1.29, 1.82) is 0 Å². The first kappa shape index (κ1) is 34.5. The van der Waals surface area contributed by atoms with E-state index in [1.807, 2.05) is 11.8 Å². The van der Waals surface area contributed by atoms with Gasteiger partial charge in [-0.1, -0.05) is 212 Å². The zero-order valence-electron chi connectivity index (χ0n) is 33.2. The van der Waals surface area contributed by atoms with Gasteiger partial charge >= 0.3 is 0 Å². The summed E-state index contributed by atoms with van der Waals surface area (Å²) in [6.45, 7) is 0. The average Bonchev–Trinajstić information content (AvgIpc) is 3.69. The third-order valence-electron chi connectivity index (χ3n) is 13.3. The van der Waals surface area contributed by atoms with Crippen molar-refractivity contribution in [3.8, 4) is 16.8 Å². The quantitative estimate of drug-likeness (QED) is 0.161. The van der Waals surface area contributed by atoms with Crippen LogP contribution in [0.5, 0.6) is 0 Å². The van der Waals surface area contributed by atoms with E-state index in [9.17, 15) is 0 Å². The summed E-state index contributed by atoms with van der Waals surface area (Å²) in [6.07, 6.45) is 0. The SMILES string of the molecule is c1ccc(-n2c3ccccc3c3c(-c4ccc(C5(c6ccccc6)c6c(c7ccccc7c7ccccc67)Sc6c5c5ccccc5c5ccccc65)cc4)cccc32)cc1. The minimum absolute atomic E-state index is 0.668. The maximum Gasteiger partial charge on any atom is 0.0736 e. The number of nitrogens with zero attached hydrogens (tertiary/aromatic N) is 1. The van der Waals surface area contributed by atoms with Crippen molar-refractivity contribution in [1.82, 2.24) is 4.57 Å². The number of hydrogen-bond donors (Lipinski definition) is 0. The molecule has 0 saturated heterocycles. The lowest BCUT2D eigenvalue weighted by molar-refractivity contribution is 0.724. The Morgan fingerprint density at radius 1 is 0.311 bits per heavy atom. The Morgan fingerprint density at radius 2 is 0.738 bits per heavy atom. The Morgan fingerprint density at radius 3 is 1.31 bits per heavy atom. The first-order valence-electron chi connectivity index (χ1n) is 21.1. The van der Waals surface area contributed by atoms with Crippen LogP contribution < -0.4 is 0 Å². The molecule has 1 aromatic heterocycles. The Labute approximate surface area is 358 Å². The second-order valence-corrected chi connectivity index (χ2v) is 17.3. The second kappa shape index (κ2) is 13.3. The van der Waals surface area contributed by atoms with E-state index in [0.29, 0.717) is 0 Å². The molecule has 0 atom stereocenters. The van der Waals surface area contributed by atoms with Gasteiger partial charge < -0.3 is 4.57 Å². The fraction of sp³-hybridized carbons (Fsp3) is 0.0169. The van der Waals surface area contributed by atoms with Gasteiger partial charge in [0.15, 0.2) is 0 Å². The van der Waals surface area contributed by atoms with E-state index in [1.54, 1.807) is 0 Å². The highest BCUT2D eigenvalue weighted by molar-refractivity contribution is 8.00. The topological polar surface area (TPSA) is 4.93 Å². The number of aromatic nitrogens is 1. The summed E-state index contributed by atoms with van der Waals surface area (Å²) in [5, 5.41) is 12.8. The molecule has 13 rings (SSSR count). The van der Waals surface area contributed by atoms with Crippen molar-refractivity contribution in [2.75, 3.05) is 0 Å². The van der Waals surface area contributed by atoms with E-state index in [4.69, 9.17) is 0 Å². The molecule has 0 fully saturated rings. The van der Waals surface area contributed by atoms with Crippen LogP contribution in [0.25, 0.3) is 81.7 Å². The fourth-order valence-corrected chi connectivity index (χ4v) is 12.4. The normalized spacial score (nSPS) is 13.3. The van der Waals surface area contributed by atoms with Crippen molar-refractivity contribution in [2.24, 2.45) is 0 Å². The monoisotopic (exact) mass is 791 g/mol. The highest BCUT2D eigenvalue weighted by Gasteiger charge is 2.48. The van der Waals surface area contributed by atoms with Crippen LogP contribution in [-0.4, -0.2) is 4.57 Å². The smallest absolute Gasteiger partial charge is 0.0736 e. The standard InChI is InChI=1S/C59H37NS/c1-3-18-39(19-4-1)59(40-36-34-38(35-37-40)42-31-17-33-53-54(42)51-30-15-16-32-52(51)60(53)41-20-5-2-6-21-41)55-47-26-11-7-22-43(47)45-24-9-13-28-49(45)57(55)61-58-50-29-14-10-25-46(50)44-23-8-12-27-48(44)56(58)59/h1-37H. The van der Waals surface area contributed by atoms with Crippen LogP contribution in [0.2, 0.25) is 0 Å². The van der Waals surface area contributed by atoms with Gasteiger partial charge in [0.25, 0.3) is 0 Å². The molecular weight excluding hydrogens is 755 g/mol. The van der Waals surface area contributed by atoms with E-state index in [0.717, 1.165) is 5.69 Å². The summed E-state index contributed by atoms with van der Waals surface area (Å²) < 4.78 is 2.41. The molecule has 12 aromatic rings. The third-order valence-corrected chi connectivity index (χ3v) is 14.5. The van der Waals surface area contributed by atoms with Crippen LogP contribution in [0.1, 0.15) is 22.3 Å². The molecule has 11 aromatic carbocycles. The number of para-hydroxylation sites is 2. The van der Waals surface area contributed by atoms with Gasteiger partial charge in [0.2, 0.25) is 0 Å². The molecule has 2 heterocycles. The predicted molar refractivity (Wildman–Crippen MR) is 259 cm³/mol. The van der Waals surface area contributed by atoms with Gasteiger partial charge in [-0.2, -0.15) is 0 Å². The van der Waals surface area contributed by atoms with Crippen molar-refractivity contribution in [3.63, 3.8) is 0 Å². The minimum Gasteiger partial charge on any atom is -0.309 e. The zero-order chi connectivity index (χ0) is 40.1. The summed E-state index contributed by atoms with van der Waals surface area (Å²) >= 11 is 1.96. The maximum absolute atomic E-state index is 2.44. The molecule has 0 saturated carbocycles. The van der Waals surface area contributed by atoms with Gasteiger partial charge in [-0.3, -0.25) is 0 Å². The van der Waals surface area contributed by atoms with Gasteiger partial charge in [-0.05, 0) is 101 Å². The lowest BCUT2D eigenvalue weighted by Crippen LogP contribution is -2.35. The highest BCUT2D eigenvalue weighted by atomic mass is 32.2. The maximum atomic E-state index is 2.44. The van der Waals surface area contributed by atoms with Gasteiger partial charge in [0, 0.05) is 26.3 Å². The van der Waals surface area contributed by atoms with Crippen LogP contribution in [0.15, 0.2) is 234 Å². The molecule has 0 unspecified atom stereocenters. The first-order valence-corrected chi connectivity index (χ1v) is 21.9. The van der Waals surface area contributed by atoms with Crippen LogP contribution in [-0.2, 0) is 5.41 Å². The molecule has 61 heavy (non-hydrogen) atoms. The molecule has 0 bridgehead atoms. The van der Waals surface area contributed by atoms with Crippen LogP contribution in [0, 0.1) is 0 Å². The number of fused-ring (bicyclic) bond motifs is 15. The number of hydrogen-bond acceptors (Lipinski definition) is 1. The number of benzene rings is 11. The van der Waals surface area contributed by atoms with E-state index in [1.165, 1.54) is 108 Å². The molecular formula is C59H37NS. The summed E-state index contributed by atoms with van der Waals surface area (Å²) in [7, 11) is 0. The van der Waals surface area contributed by atoms with E-state index in [-0.39, 0.29) is 0 Å². The summed E-state index contributed by atoms with van der Waals surface area (Å²) in [6, 6.07) is 83.6. The van der Waals surface area contributed by atoms with Crippen LogP contribution in [0.3, 0.4) is 0 Å². The summed E-state index contributed by atoms with van der Waals surface area (Å²) in [4.78, 5) is 2.65. The molecule has 0 amide bonds. The van der Waals surface area contributed by atoms with Crippen molar-refractivity contribution in [3.05, 3.63) is 247 Å². The van der Waals surface area contributed by atoms with E-state index in [2.05, 4.69) is 229 Å². The van der Waals surface area contributed by atoms with Crippen molar-refractivity contribution >= 4 is 76.7 Å². The van der Waals surface area contributed by atoms with Gasteiger partial charge in [0.1, 0.15) is 0 Å². The van der Waals surface area contributed by atoms with Crippen molar-refractivity contribution < 1.29 is 0 Å². The van der Waals surface area contributed by atoms with E-state index < -0.39 is 5.41 Å².